The Bertz CT molecular complexity index is 476. The van der Waals surface area contributed by atoms with Crippen molar-refractivity contribution in [1.82, 2.24) is 5.32 Å². The fourth-order valence-electron chi connectivity index (χ4n) is 2.22. The summed E-state index contributed by atoms with van der Waals surface area (Å²) in [5, 5.41) is 12.3. The van der Waals surface area contributed by atoms with Crippen LogP contribution in [0.2, 0.25) is 0 Å². The summed E-state index contributed by atoms with van der Waals surface area (Å²) in [6.45, 7) is 4.40. The molecule has 0 aromatic heterocycles. The number of nitrogens with one attached hydrogen (secondary N) is 1. The van der Waals surface area contributed by atoms with Crippen LogP contribution in [0.25, 0.3) is 0 Å². The lowest BCUT2D eigenvalue weighted by atomic mass is 10.0. The molecule has 0 aliphatic rings. The molecule has 0 spiro atoms. The summed E-state index contributed by atoms with van der Waals surface area (Å²) in [4.78, 5) is 11.3. The molecule has 0 aliphatic carbocycles. The summed E-state index contributed by atoms with van der Waals surface area (Å²) in [6.07, 6.45) is 0.569. The Labute approximate surface area is 131 Å². The van der Waals surface area contributed by atoms with Crippen molar-refractivity contribution < 1.29 is 24.1 Å². The van der Waals surface area contributed by atoms with Gasteiger partial charge in [-0.05, 0) is 30.0 Å². The van der Waals surface area contributed by atoms with Crippen LogP contribution < -0.4 is 19.5 Å². The molecule has 2 N–H and O–H groups in total. The Kier molecular flexibility index (Phi) is 6.98. The summed E-state index contributed by atoms with van der Waals surface area (Å²) in [5.41, 5.74) is 0.865. The van der Waals surface area contributed by atoms with Crippen LogP contribution in [-0.4, -0.2) is 38.4 Å². The summed E-state index contributed by atoms with van der Waals surface area (Å²) in [6, 6.07) is 3.03. The molecule has 124 valence electrons. The van der Waals surface area contributed by atoms with E-state index in [-0.39, 0.29) is 0 Å². The van der Waals surface area contributed by atoms with Crippen LogP contribution in [-0.2, 0) is 11.3 Å². The number of carbonyl (C=O) groups is 1. The van der Waals surface area contributed by atoms with Gasteiger partial charge in [0.25, 0.3) is 0 Å². The molecular weight excluding hydrogens is 286 g/mol. The van der Waals surface area contributed by atoms with Crippen molar-refractivity contribution in [2.24, 2.45) is 5.92 Å². The monoisotopic (exact) mass is 311 g/mol. The standard InChI is InChI=1S/C16H25NO5/c1-10(2)6-12(16(18)19)17-9-11-7-13(20-3)15(22-5)14(8-11)21-4/h7-8,10,12,17H,6,9H2,1-5H3,(H,18,19)/t12-/m1/s1. The zero-order valence-electron chi connectivity index (χ0n) is 13.8. The first-order chi connectivity index (χ1) is 10.4. The number of aliphatic carboxylic acids is 1. The van der Waals surface area contributed by atoms with Crippen LogP contribution in [0.1, 0.15) is 25.8 Å². The third-order valence-corrected chi connectivity index (χ3v) is 3.28. The first-order valence-electron chi connectivity index (χ1n) is 7.18. The molecule has 1 atom stereocenters. The highest BCUT2D eigenvalue weighted by molar-refractivity contribution is 5.73. The largest absolute Gasteiger partial charge is 0.493 e. The van der Waals surface area contributed by atoms with Crippen molar-refractivity contribution >= 4 is 5.97 Å². The maximum atomic E-state index is 11.3. The van der Waals surface area contributed by atoms with Gasteiger partial charge in [0.05, 0.1) is 21.3 Å². The van der Waals surface area contributed by atoms with Crippen LogP contribution in [0.5, 0.6) is 17.2 Å². The van der Waals surface area contributed by atoms with Gasteiger partial charge in [-0.1, -0.05) is 13.8 Å². The second-order valence-corrected chi connectivity index (χ2v) is 5.43. The molecule has 22 heavy (non-hydrogen) atoms. The van der Waals surface area contributed by atoms with Crippen molar-refractivity contribution in [1.29, 1.82) is 0 Å². The molecular formula is C16H25NO5. The quantitative estimate of drug-likeness (QED) is 0.729. The maximum absolute atomic E-state index is 11.3. The normalized spacial score (nSPS) is 12.1. The van der Waals surface area contributed by atoms with E-state index in [1.54, 1.807) is 21.3 Å². The predicted octanol–water partition coefficient (Wildman–Crippen LogP) is 2.30. The Morgan fingerprint density at radius 3 is 2.05 bits per heavy atom. The lowest BCUT2D eigenvalue weighted by molar-refractivity contribution is -0.140. The summed E-state index contributed by atoms with van der Waals surface area (Å²) < 4.78 is 15.8. The average molecular weight is 311 g/mol. The molecule has 0 saturated carbocycles. The fourth-order valence-corrected chi connectivity index (χ4v) is 2.22. The Balaban J connectivity index is 2.90. The summed E-state index contributed by atoms with van der Waals surface area (Å²) in [7, 11) is 4.64. The number of ether oxygens (including phenoxy) is 3. The molecule has 6 heteroatoms. The number of benzene rings is 1. The number of rotatable bonds is 9. The highest BCUT2D eigenvalue weighted by Gasteiger charge is 2.19. The SMILES string of the molecule is COc1cc(CN[C@H](CC(C)C)C(=O)O)cc(OC)c1OC. The predicted molar refractivity (Wildman–Crippen MR) is 83.8 cm³/mol. The number of carboxylic acid groups (broad SMARTS) is 1. The number of methoxy groups -OCH3 is 3. The molecule has 1 rings (SSSR count). The van der Waals surface area contributed by atoms with E-state index in [2.05, 4.69) is 5.32 Å². The lowest BCUT2D eigenvalue weighted by Gasteiger charge is -2.18. The Morgan fingerprint density at radius 1 is 1.14 bits per heavy atom. The smallest absolute Gasteiger partial charge is 0.320 e. The van der Waals surface area contributed by atoms with Gasteiger partial charge in [0, 0.05) is 6.54 Å². The van der Waals surface area contributed by atoms with Gasteiger partial charge in [0.2, 0.25) is 5.75 Å². The van der Waals surface area contributed by atoms with Gasteiger partial charge in [-0.2, -0.15) is 0 Å². The molecule has 6 nitrogen and oxygen atoms in total. The van der Waals surface area contributed by atoms with E-state index in [0.29, 0.717) is 36.1 Å². The van der Waals surface area contributed by atoms with Crippen LogP contribution in [0.4, 0.5) is 0 Å². The van der Waals surface area contributed by atoms with Crippen LogP contribution in [0.3, 0.4) is 0 Å². The van der Waals surface area contributed by atoms with E-state index in [9.17, 15) is 9.90 Å². The van der Waals surface area contributed by atoms with E-state index < -0.39 is 12.0 Å². The van der Waals surface area contributed by atoms with Gasteiger partial charge in [-0.15, -0.1) is 0 Å². The highest BCUT2D eigenvalue weighted by Crippen LogP contribution is 2.38. The third kappa shape index (κ3) is 4.80. The second kappa shape index (κ2) is 8.48. The number of hydrogen-bond acceptors (Lipinski definition) is 5. The maximum Gasteiger partial charge on any atom is 0.320 e. The van der Waals surface area contributed by atoms with E-state index in [4.69, 9.17) is 14.2 Å². The van der Waals surface area contributed by atoms with E-state index in [1.165, 1.54) is 0 Å². The summed E-state index contributed by atoms with van der Waals surface area (Å²) >= 11 is 0. The zero-order chi connectivity index (χ0) is 16.7. The third-order valence-electron chi connectivity index (χ3n) is 3.28. The molecule has 0 radical (unpaired) electrons. The minimum Gasteiger partial charge on any atom is -0.493 e. The molecule has 0 unspecified atom stereocenters. The lowest BCUT2D eigenvalue weighted by Crippen LogP contribution is -2.37. The van der Waals surface area contributed by atoms with E-state index in [1.807, 2.05) is 26.0 Å². The van der Waals surface area contributed by atoms with Gasteiger partial charge in [0.1, 0.15) is 6.04 Å². The van der Waals surface area contributed by atoms with Gasteiger partial charge in [-0.25, -0.2) is 0 Å². The van der Waals surface area contributed by atoms with Crippen LogP contribution in [0, 0.1) is 5.92 Å². The van der Waals surface area contributed by atoms with Crippen molar-refractivity contribution in [2.75, 3.05) is 21.3 Å². The number of carboxylic acids is 1. The van der Waals surface area contributed by atoms with Gasteiger partial charge in [0.15, 0.2) is 11.5 Å². The van der Waals surface area contributed by atoms with E-state index in [0.717, 1.165) is 5.56 Å². The van der Waals surface area contributed by atoms with Crippen LogP contribution in [0.15, 0.2) is 12.1 Å². The average Bonchev–Trinajstić information content (AvgIpc) is 2.49. The molecule has 0 heterocycles. The molecule has 0 saturated heterocycles. The Morgan fingerprint density at radius 2 is 1.68 bits per heavy atom. The highest BCUT2D eigenvalue weighted by atomic mass is 16.5. The van der Waals surface area contributed by atoms with Crippen molar-refractivity contribution in [3.05, 3.63) is 17.7 Å². The Hall–Kier alpha value is -1.95. The van der Waals surface area contributed by atoms with Gasteiger partial charge in [-0.3, -0.25) is 4.79 Å². The van der Waals surface area contributed by atoms with E-state index >= 15 is 0 Å². The molecule has 0 aliphatic heterocycles. The van der Waals surface area contributed by atoms with Crippen LogP contribution >= 0.6 is 0 Å². The van der Waals surface area contributed by atoms with Crippen molar-refractivity contribution in [3.63, 3.8) is 0 Å². The second-order valence-electron chi connectivity index (χ2n) is 5.43. The minimum absolute atomic E-state index is 0.300. The van der Waals surface area contributed by atoms with Gasteiger partial charge >= 0.3 is 5.97 Å². The molecule has 1 aromatic rings. The molecule has 0 amide bonds. The number of hydrogen-bond donors (Lipinski definition) is 2. The molecule has 0 bridgehead atoms. The minimum atomic E-state index is -0.846. The first kappa shape index (κ1) is 18.1. The van der Waals surface area contributed by atoms with Crippen molar-refractivity contribution in [2.45, 2.75) is 32.9 Å². The fraction of sp³-hybridized carbons (Fsp3) is 0.562. The summed E-state index contributed by atoms with van der Waals surface area (Å²) in [5.74, 6) is 1.07. The zero-order valence-corrected chi connectivity index (χ0v) is 13.8. The molecule has 0 fully saturated rings. The van der Waals surface area contributed by atoms with Gasteiger partial charge < -0.3 is 24.6 Å². The first-order valence-corrected chi connectivity index (χ1v) is 7.18. The topological polar surface area (TPSA) is 77.0 Å². The van der Waals surface area contributed by atoms with Crippen molar-refractivity contribution in [3.8, 4) is 17.2 Å². The molecule has 1 aromatic carbocycles.